The second-order valence-corrected chi connectivity index (χ2v) is 8.46. The standard InChI is InChI=1S/C21H17BrN2O5S/c1-28-18-8-10-20(11-9-18)30(26,27)29-19-7-2-4-15(12-19)14-23-24-21(25)16-5-3-6-17(22)13-16/h2-14H,1H3,(H,24,25)/b23-14-. The Bertz CT molecular complexity index is 1180. The number of carbonyl (C=O) groups excluding carboxylic acids is 1. The monoisotopic (exact) mass is 488 g/mol. The molecule has 7 nitrogen and oxygen atoms in total. The van der Waals surface area contributed by atoms with Crippen LogP contribution in [0.5, 0.6) is 11.5 Å². The summed E-state index contributed by atoms with van der Waals surface area (Å²) >= 11 is 3.30. The van der Waals surface area contributed by atoms with E-state index in [0.717, 1.165) is 4.47 Å². The van der Waals surface area contributed by atoms with E-state index in [2.05, 4.69) is 26.5 Å². The zero-order valence-electron chi connectivity index (χ0n) is 15.8. The Morgan fingerprint density at radius 1 is 1.00 bits per heavy atom. The van der Waals surface area contributed by atoms with Gasteiger partial charge in [0.25, 0.3) is 5.91 Å². The zero-order chi connectivity index (χ0) is 21.6. The Morgan fingerprint density at radius 3 is 2.43 bits per heavy atom. The van der Waals surface area contributed by atoms with Crippen LogP contribution in [-0.4, -0.2) is 27.6 Å². The minimum Gasteiger partial charge on any atom is -0.497 e. The van der Waals surface area contributed by atoms with Crippen LogP contribution in [0.2, 0.25) is 0 Å². The van der Waals surface area contributed by atoms with Gasteiger partial charge in [0, 0.05) is 10.0 Å². The molecule has 0 unspecified atom stereocenters. The topological polar surface area (TPSA) is 94.1 Å². The quantitative estimate of drug-likeness (QED) is 0.308. The number of ether oxygens (including phenoxy) is 1. The number of nitrogens with zero attached hydrogens (tertiary/aromatic N) is 1. The predicted octanol–water partition coefficient (Wildman–Crippen LogP) is 3.99. The number of methoxy groups -OCH3 is 1. The van der Waals surface area contributed by atoms with Gasteiger partial charge >= 0.3 is 10.1 Å². The number of benzene rings is 3. The van der Waals surface area contributed by atoms with E-state index in [1.54, 1.807) is 30.3 Å². The number of amides is 1. The molecule has 3 aromatic rings. The molecular formula is C21H17BrN2O5S. The fourth-order valence-electron chi connectivity index (χ4n) is 2.42. The maximum absolute atomic E-state index is 12.4. The average Bonchev–Trinajstić information content (AvgIpc) is 2.73. The van der Waals surface area contributed by atoms with Crippen LogP contribution in [0, 0.1) is 0 Å². The van der Waals surface area contributed by atoms with Gasteiger partial charge in [0.2, 0.25) is 0 Å². The first-order chi connectivity index (χ1) is 14.4. The van der Waals surface area contributed by atoms with Crippen LogP contribution in [0.3, 0.4) is 0 Å². The molecule has 0 saturated heterocycles. The lowest BCUT2D eigenvalue weighted by Gasteiger charge is -2.08. The van der Waals surface area contributed by atoms with Crippen LogP contribution < -0.4 is 14.3 Å². The number of nitrogens with one attached hydrogen (secondary N) is 1. The Hall–Kier alpha value is -3.17. The van der Waals surface area contributed by atoms with E-state index in [4.69, 9.17) is 8.92 Å². The van der Waals surface area contributed by atoms with E-state index in [-0.39, 0.29) is 16.6 Å². The van der Waals surface area contributed by atoms with Crippen LogP contribution in [0.25, 0.3) is 0 Å². The van der Waals surface area contributed by atoms with Gasteiger partial charge in [-0.15, -0.1) is 0 Å². The van der Waals surface area contributed by atoms with Crippen molar-refractivity contribution in [1.82, 2.24) is 5.43 Å². The van der Waals surface area contributed by atoms with Crippen molar-refractivity contribution in [2.75, 3.05) is 7.11 Å². The second-order valence-electron chi connectivity index (χ2n) is 5.99. The molecule has 0 spiro atoms. The largest absolute Gasteiger partial charge is 0.497 e. The Morgan fingerprint density at radius 2 is 1.73 bits per heavy atom. The molecule has 0 saturated carbocycles. The molecule has 0 heterocycles. The molecule has 30 heavy (non-hydrogen) atoms. The zero-order valence-corrected chi connectivity index (χ0v) is 18.2. The fraction of sp³-hybridized carbons (Fsp3) is 0.0476. The molecule has 154 valence electrons. The van der Waals surface area contributed by atoms with Gasteiger partial charge in [-0.05, 0) is 60.2 Å². The van der Waals surface area contributed by atoms with Crippen LogP contribution in [0.15, 0.2) is 87.3 Å². The van der Waals surface area contributed by atoms with Crippen LogP contribution in [-0.2, 0) is 10.1 Å². The van der Waals surface area contributed by atoms with Gasteiger partial charge in [0.1, 0.15) is 16.4 Å². The minimum absolute atomic E-state index is 0.00338. The lowest BCUT2D eigenvalue weighted by molar-refractivity contribution is 0.0955. The average molecular weight is 489 g/mol. The minimum atomic E-state index is -4.00. The first-order valence-corrected chi connectivity index (χ1v) is 10.8. The third kappa shape index (κ3) is 5.68. The van der Waals surface area contributed by atoms with Crippen molar-refractivity contribution >= 4 is 38.2 Å². The number of rotatable bonds is 7. The normalized spacial score (nSPS) is 11.3. The molecule has 9 heteroatoms. The van der Waals surface area contributed by atoms with Gasteiger partial charge in [-0.25, -0.2) is 5.43 Å². The van der Waals surface area contributed by atoms with Crippen molar-refractivity contribution < 1.29 is 22.1 Å². The van der Waals surface area contributed by atoms with Gasteiger partial charge in [0.15, 0.2) is 0 Å². The highest BCUT2D eigenvalue weighted by Crippen LogP contribution is 2.21. The van der Waals surface area contributed by atoms with Crippen molar-refractivity contribution in [2.24, 2.45) is 5.10 Å². The maximum Gasteiger partial charge on any atom is 0.339 e. The van der Waals surface area contributed by atoms with E-state index >= 15 is 0 Å². The van der Waals surface area contributed by atoms with Gasteiger partial charge < -0.3 is 8.92 Å². The lowest BCUT2D eigenvalue weighted by atomic mass is 10.2. The Labute approximate surface area is 182 Å². The second kappa shape index (κ2) is 9.55. The fourth-order valence-corrected chi connectivity index (χ4v) is 3.75. The molecule has 0 atom stereocenters. The van der Waals surface area contributed by atoms with Crippen LogP contribution in [0.4, 0.5) is 0 Å². The molecule has 0 radical (unpaired) electrons. The molecule has 1 N–H and O–H groups in total. The Kier molecular flexibility index (Phi) is 6.86. The van der Waals surface area contributed by atoms with E-state index in [9.17, 15) is 13.2 Å². The Balaban J connectivity index is 1.68. The highest BCUT2D eigenvalue weighted by Gasteiger charge is 2.16. The summed E-state index contributed by atoms with van der Waals surface area (Å²) in [5.74, 6) is 0.284. The van der Waals surface area contributed by atoms with E-state index in [1.807, 2.05) is 6.07 Å². The third-order valence-electron chi connectivity index (χ3n) is 3.88. The maximum atomic E-state index is 12.4. The molecule has 3 rings (SSSR count). The summed E-state index contributed by atoms with van der Waals surface area (Å²) in [6, 6.07) is 19.1. The molecule has 0 aliphatic rings. The highest BCUT2D eigenvalue weighted by atomic mass is 79.9. The van der Waals surface area contributed by atoms with E-state index < -0.39 is 10.1 Å². The summed E-state index contributed by atoms with van der Waals surface area (Å²) < 4.78 is 35.9. The van der Waals surface area contributed by atoms with Gasteiger partial charge in [-0.1, -0.05) is 34.1 Å². The number of hydrogen-bond donors (Lipinski definition) is 1. The van der Waals surface area contributed by atoms with E-state index in [1.165, 1.54) is 49.7 Å². The first kappa shape index (κ1) is 21.5. The van der Waals surface area contributed by atoms with E-state index in [0.29, 0.717) is 16.9 Å². The van der Waals surface area contributed by atoms with Crippen molar-refractivity contribution in [3.05, 3.63) is 88.4 Å². The molecular weight excluding hydrogens is 472 g/mol. The van der Waals surface area contributed by atoms with Crippen molar-refractivity contribution in [2.45, 2.75) is 4.90 Å². The first-order valence-electron chi connectivity index (χ1n) is 8.65. The molecule has 0 aromatic heterocycles. The molecule has 0 aliphatic carbocycles. The summed E-state index contributed by atoms with van der Waals surface area (Å²) in [6.07, 6.45) is 1.39. The number of carbonyl (C=O) groups is 1. The smallest absolute Gasteiger partial charge is 0.339 e. The summed E-state index contributed by atoms with van der Waals surface area (Å²) in [5, 5.41) is 3.90. The van der Waals surface area contributed by atoms with Gasteiger partial charge in [-0.2, -0.15) is 13.5 Å². The predicted molar refractivity (Wildman–Crippen MR) is 116 cm³/mol. The summed E-state index contributed by atoms with van der Waals surface area (Å²) in [7, 11) is -2.51. The van der Waals surface area contributed by atoms with Crippen LogP contribution in [0.1, 0.15) is 15.9 Å². The molecule has 0 aliphatic heterocycles. The van der Waals surface area contributed by atoms with Gasteiger partial charge in [-0.3, -0.25) is 4.79 Å². The molecule has 0 bridgehead atoms. The number of hydrogen-bond acceptors (Lipinski definition) is 6. The highest BCUT2D eigenvalue weighted by molar-refractivity contribution is 9.10. The van der Waals surface area contributed by atoms with Crippen molar-refractivity contribution in [3.8, 4) is 11.5 Å². The number of hydrazone groups is 1. The molecule has 1 amide bonds. The SMILES string of the molecule is COc1ccc(S(=O)(=O)Oc2cccc(/C=N\NC(=O)c3cccc(Br)c3)c2)cc1. The summed E-state index contributed by atoms with van der Waals surface area (Å²) in [5.41, 5.74) is 3.41. The molecule has 3 aromatic carbocycles. The van der Waals surface area contributed by atoms with Gasteiger partial charge in [0.05, 0.1) is 13.3 Å². The van der Waals surface area contributed by atoms with Crippen LogP contribution >= 0.6 is 15.9 Å². The third-order valence-corrected chi connectivity index (χ3v) is 5.63. The lowest BCUT2D eigenvalue weighted by Crippen LogP contribution is -2.17. The van der Waals surface area contributed by atoms with Crippen molar-refractivity contribution in [3.63, 3.8) is 0 Å². The number of halogens is 1. The summed E-state index contributed by atoms with van der Waals surface area (Å²) in [4.78, 5) is 12.1. The summed E-state index contributed by atoms with van der Waals surface area (Å²) in [6.45, 7) is 0. The van der Waals surface area contributed by atoms with Crippen molar-refractivity contribution in [1.29, 1.82) is 0 Å². The molecule has 0 fully saturated rings.